The molecule has 0 radical (unpaired) electrons. The Hall–Kier alpha value is -1.76. The van der Waals surface area contributed by atoms with Crippen molar-refractivity contribution in [3.63, 3.8) is 0 Å². The number of hydrogen-bond donors (Lipinski definition) is 0. The van der Waals surface area contributed by atoms with E-state index in [2.05, 4.69) is 10.1 Å². The molecule has 0 N–H and O–H groups in total. The van der Waals surface area contributed by atoms with Crippen LogP contribution in [0.5, 0.6) is 0 Å². The summed E-state index contributed by atoms with van der Waals surface area (Å²) in [7, 11) is 0. The van der Waals surface area contributed by atoms with Gasteiger partial charge in [0.2, 0.25) is 0 Å². The highest BCUT2D eigenvalue weighted by atomic mass is 35.5. The number of likely N-dealkylation sites (tertiary alicyclic amines) is 1. The van der Waals surface area contributed by atoms with Gasteiger partial charge >= 0.3 is 0 Å². The van der Waals surface area contributed by atoms with E-state index >= 15 is 0 Å². The number of halogens is 2. The predicted molar refractivity (Wildman–Crippen MR) is 110 cm³/mol. The summed E-state index contributed by atoms with van der Waals surface area (Å²) in [5, 5.41) is 7.17. The first kappa shape index (κ1) is 19.6. The Balaban J connectivity index is 0.00000192. The van der Waals surface area contributed by atoms with Crippen molar-refractivity contribution in [1.29, 1.82) is 0 Å². The number of carbonyl (C=O) groups excluding carboxylic acids is 1. The molecule has 1 unspecified atom stereocenters. The second-order valence-electron chi connectivity index (χ2n) is 7.64. The summed E-state index contributed by atoms with van der Waals surface area (Å²) in [5.74, 6) is 0.561. The van der Waals surface area contributed by atoms with E-state index in [1.54, 1.807) is 17.4 Å². The van der Waals surface area contributed by atoms with Crippen LogP contribution in [0.2, 0.25) is 0 Å². The third kappa shape index (κ3) is 3.49. The minimum Gasteiger partial charge on any atom is -0.356 e. The average molecular weight is 421 g/mol. The molecule has 2 aliphatic rings. The summed E-state index contributed by atoms with van der Waals surface area (Å²) < 4.78 is 18.6. The molecule has 0 saturated carbocycles. The lowest BCUT2D eigenvalue weighted by Gasteiger charge is -2.31. The van der Waals surface area contributed by atoms with Gasteiger partial charge in [-0.2, -0.15) is 0 Å². The number of benzene rings is 1. The molecule has 1 aromatic carbocycles. The molecule has 7 heteroatoms. The highest BCUT2D eigenvalue weighted by Crippen LogP contribution is 2.35. The average Bonchev–Trinajstić information content (AvgIpc) is 3.37. The number of nitrogens with zero attached hydrogens (tertiary/aromatic N) is 2. The van der Waals surface area contributed by atoms with Crippen LogP contribution in [0.25, 0.3) is 11.0 Å². The molecule has 0 amide bonds. The maximum Gasteiger partial charge on any atom is 0.170 e. The first-order chi connectivity index (χ1) is 13.2. The smallest absolute Gasteiger partial charge is 0.170 e. The number of thiophene rings is 1. The number of Topliss-reactive ketones (excluding diaryl/α,β-unsaturated/α-hetero) is 1. The van der Waals surface area contributed by atoms with Crippen LogP contribution in [-0.2, 0) is 6.42 Å². The summed E-state index contributed by atoms with van der Waals surface area (Å²) >= 11 is 1.71. The Morgan fingerprint density at radius 1 is 1.25 bits per heavy atom. The lowest BCUT2D eigenvalue weighted by atomic mass is 9.91. The predicted octanol–water partition coefficient (Wildman–Crippen LogP) is 5.07. The fraction of sp³-hybridized carbons (Fsp3) is 0.429. The molecule has 3 heterocycles. The number of hydrogen-bond acceptors (Lipinski definition) is 5. The number of ketones is 1. The van der Waals surface area contributed by atoms with Crippen LogP contribution in [0.15, 0.2) is 34.2 Å². The Morgan fingerprint density at radius 2 is 2.07 bits per heavy atom. The maximum absolute atomic E-state index is 13.3. The molecule has 1 aliphatic carbocycles. The maximum atomic E-state index is 13.3. The van der Waals surface area contributed by atoms with Gasteiger partial charge in [0.05, 0.1) is 5.69 Å². The zero-order valence-corrected chi connectivity index (χ0v) is 17.0. The lowest BCUT2D eigenvalue weighted by Crippen LogP contribution is -2.35. The molecule has 1 atom stereocenters. The van der Waals surface area contributed by atoms with Gasteiger partial charge in [-0.25, -0.2) is 4.39 Å². The lowest BCUT2D eigenvalue weighted by molar-refractivity contribution is 0.0916. The summed E-state index contributed by atoms with van der Waals surface area (Å²) in [4.78, 5) is 16.1. The van der Waals surface area contributed by atoms with E-state index in [4.69, 9.17) is 4.52 Å². The number of aromatic nitrogens is 1. The van der Waals surface area contributed by atoms with Crippen molar-refractivity contribution in [1.82, 2.24) is 10.1 Å². The minimum absolute atomic E-state index is 0. The first-order valence-corrected chi connectivity index (χ1v) is 10.4. The largest absolute Gasteiger partial charge is 0.356 e. The van der Waals surface area contributed by atoms with Gasteiger partial charge < -0.3 is 9.42 Å². The number of piperidine rings is 1. The quantitative estimate of drug-likeness (QED) is 0.590. The van der Waals surface area contributed by atoms with Gasteiger partial charge in [-0.05, 0) is 68.9 Å². The van der Waals surface area contributed by atoms with Crippen molar-refractivity contribution >= 4 is 40.5 Å². The molecular weight excluding hydrogens is 399 g/mol. The summed E-state index contributed by atoms with van der Waals surface area (Å²) in [6.07, 6.45) is 3.90. The Bertz CT molecular complexity index is 993. The molecular formula is C21H22ClFN2O2S. The zero-order chi connectivity index (χ0) is 18.4. The normalized spacial score (nSPS) is 20.5. The van der Waals surface area contributed by atoms with Crippen molar-refractivity contribution in [3.05, 3.63) is 51.6 Å². The van der Waals surface area contributed by atoms with E-state index in [1.807, 2.05) is 11.4 Å². The van der Waals surface area contributed by atoms with Crippen LogP contribution in [0.3, 0.4) is 0 Å². The van der Waals surface area contributed by atoms with E-state index < -0.39 is 0 Å². The van der Waals surface area contributed by atoms with Gasteiger partial charge in [-0.15, -0.1) is 23.7 Å². The molecule has 148 valence electrons. The molecule has 1 saturated heterocycles. The molecule has 28 heavy (non-hydrogen) atoms. The highest BCUT2D eigenvalue weighted by Gasteiger charge is 2.32. The fourth-order valence-corrected chi connectivity index (χ4v) is 5.44. The van der Waals surface area contributed by atoms with E-state index in [0.29, 0.717) is 17.3 Å². The minimum atomic E-state index is -0.296. The molecule has 2 aromatic heterocycles. The van der Waals surface area contributed by atoms with E-state index in [0.717, 1.165) is 62.0 Å². The van der Waals surface area contributed by atoms with Crippen molar-refractivity contribution in [2.45, 2.75) is 31.6 Å². The Labute approximate surface area is 173 Å². The van der Waals surface area contributed by atoms with Gasteiger partial charge in [0, 0.05) is 33.7 Å². The molecule has 3 aromatic rings. The third-order valence-corrected chi connectivity index (χ3v) is 6.99. The summed E-state index contributed by atoms with van der Waals surface area (Å²) in [6, 6.07) is 6.61. The van der Waals surface area contributed by atoms with Crippen LogP contribution in [0, 0.1) is 11.7 Å². The van der Waals surface area contributed by atoms with E-state index in [1.165, 1.54) is 17.0 Å². The van der Waals surface area contributed by atoms with Gasteiger partial charge in [-0.3, -0.25) is 4.79 Å². The van der Waals surface area contributed by atoms with Gasteiger partial charge in [0.15, 0.2) is 11.4 Å². The molecule has 1 aliphatic heterocycles. The van der Waals surface area contributed by atoms with Crippen molar-refractivity contribution < 1.29 is 13.7 Å². The first-order valence-electron chi connectivity index (χ1n) is 9.57. The molecule has 5 rings (SSSR count). The molecule has 0 spiro atoms. The second-order valence-corrected chi connectivity index (χ2v) is 8.64. The number of carbonyl (C=O) groups is 1. The van der Waals surface area contributed by atoms with Crippen LogP contribution in [0.4, 0.5) is 4.39 Å². The SMILES string of the molecule is Cl.O=C1c2ccsc2CC1CCN1CCC(c2noc3cc(F)ccc23)CC1. The monoisotopic (exact) mass is 420 g/mol. The topological polar surface area (TPSA) is 46.3 Å². The van der Waals surface area contributed by atoms with E-state index in [-0.39, 0.29) is 24.1 Å². The van der Waals surface area contributed by atoms with Gasteiger partial charge in [0.25, 0.3) is 0 Å². The second kappa shape index (κ2) is 7.93. The zero-order valence-electron chi connectivity index (χ0n) is 15.4. The van der Waals surface area contributed by atoms with Crippen LogP contribution < -0.4 is 0 Å². The van der Waals surface area contributed by atoms with Gasteiger partial charge in [-0.1, -0.05) is 5.16 Å². The Morgan fingerprint density at radius 3 is 2.86 bits per heavy atom. The summed E-state index contributed by atoms with van der Waals surface area (Å²) in [6.45, 7) is 2.98. The highest BCUT2D eigenvalue weighted by molar-refractivity contribution is 7.10. The Kier molecular flexibility index (Phi) is 5.54. The van der Waals surface area contributed by atoms with Crippen molar-refractivity contribution in [2.24, 2.45) is 5.92 Å². The fourth-order valence-electron chi connectivity index (χ4n) is 4.48. The molecule has 0 bridgehead atoms. The molecule has 4 nitrogen and oxygen atoms in total. The van der Waals surface area contributed by atoms with Gasteiger partial charge in [0.1, 0.15) is 5.82 Å². The van der Waals surface area contributed by atoms with E-state index in [9.17, 15) is 9.18 Å². The van der Waals surface area contributed by atoms with Crippen LogP contribution in [0.1, 0.15) is 46.1 Å². The standard InChI is InChI=1S/C21H21FN2O2S.ClH/c22-15-1-2-16-18(12-15)26-23-20(16)13-3-7-24(8-4-13)9-5-14-11-19-17(21(14)25)6-10-27-19;/h1-2,6,10,12-14H,3-5,7-9,11H2;1H. The van der Waals surface area contributed by atoms with Crippen LogP contribution in [-0.4, -0.2) is 35.5 Å². The number of rotatable bonds is 4. The molecule has 1 fully saturated rings. The summed E-state index contributed by atoms with van der Waals surface area (Å²) in [5.41, 5.74) is 2.44. The number of fused-ring (bicyclic) bond motifs is 2. The van der Waals surface area contributed by atoms with Crippen molar-refractivity contribution in [2.75, 3.05) is 19.6 Å². The van der Waals surface area contributed by atoms with Crippen molar-refractivity contribution in [3.8, 4) is 0 Å². The van der Waals surface area contributed by atoms with Crippen LogP contribution >= 0.6 is 23.7 Å². The third-order valence-electron chi connectivity index (χ3n) is 6.04.